The highest BCUT2D eigenvalue weighted by molar-refractivity contribution is 6.09. The largest absolute Gasteiger partial charge is 0.458 e. The van der Waals surface area contributed by atoms with Crippen LogP contribution in [-0.4, -0.2) is 143 Å². The van der Waals surface area contributed by atoms with Crippen LogP contribution < -0.4 is 21.5 Å². The molecule has 2 aliphatic heterocycles. The molecule has 91 heavy (non-hydrogen) atoms. The first kappa shape index (κ1) is 66.2. The molecule has 5 atom stereocenters. The number of ether oxygens (including phenoxy) is 4. The zero-order valence-electron chi connectivity index (χ0n) is 52.2. The summed E-state index contributed by atoms with van der Waals surface area (Å²) in [5.74, 6) is -5.22. The fourth-order valence-corrected chi connectivity index (χ4v) is 13.9. The van der Waals surface area contributed by atoms with Gasteiger partial charge in [0.2, 0.25) is 17.7 Å². The van der Waals surface area contributed by atoms with Gasteiger partial charge in [0, 0.05) is 86.0 Å². The van der Waals surface area contributed by atoms with Crippen molar-refractivity contribution in [3.05, 3.63) is 97.6 Å². The number of rotatable bonds is 30. The van der Waals surface area contributed by atoms with E-state index in [0.717, 1.165) is 29.5 Å². The highest BCUT2D eigenvalue weighted by atomic mass is 19.1. The first-order chi connectivity index (χ1) is 43.6. The van der Waals surface area contributed by atoms with Gasteiger partial charge in [-0.3, -0.25) is 47.9 Å². The lowest BCUT2D eigenvalue weighted by molar-refractivity contribution is -0.172. The van der Waals surface area contributed by atoms with Crippen molar-refractivity contribution in [3.63, 3.8) is 0 Å². The number of nitrogens with zero attached hydrogens (tertiary/aromatic N) is 3. The number of carbonyl (C=O) groups is 10. The van der Waals surface area contributed by atoms with Gasteiger partial charge in [0.05, 0.1) is 80.5 Å². The summed E-state index contributed by atoms with van der Waals surface area (Å²) in [6.07, 6.45) is 5.00. The fraction of sp³-hybridized carbons (Fsp3) is 0.559. The van der Waals surface area contributed by atoms with Crippen molar-refractivity contribution in [2.45, 2.75) is 154 Å². The molecule has 6 aliphatic rings. The molecule has 486 valence electrons. The van der Waals surface area contributed by atoms with E-state index in [9.17, 15) is 57.8 Å². The first-order valence-corrected chi connectivity index (χ1v) is 32.0. The standard InChI is InChI=1S/C68H81FN6O16/c1-5-68(87)51-31-55-60-49(35-75(55)64(84)50(51)37-90-66(68)86)59-54(17-16-47-39(3)52(69)32-53(73-60)58(47)59)74(4)65(85)67(20-21-67)91-23-19-44(76)33-72-63(83)43(28-40-9-7-6-8-10-40)30-46(78)34-71-57(80)18-15-45(77)36-89-26-25-88-24-22-70-62(82)42-13-11-41(12-14-42)29-48-56(79)27-38(2)61(48)81/h6-10,31-32,38,41-43,48,54,87H,5,11-30,33-37H2,1-4H3,(H,70,82)(H,71,80)(H,72,83)/t38?,41?,42?,43-,48?,54+,68+/m1/s1. The summed E-state index contributed by atoms with van der Waals surface area (Å²) >= 11 is 0. The highest BCUT2D eigenvalue weighted by Crippen LogP contribution is 2.50. The number of hydrogen-bond donors (Lipinski definition) is 4. The molecule has 2 aromatic carbocycles. The highest BCUT2D eigenvalue weighted by Gasteiger charge is 2.54. The van der Waals surface area contributed by atoms with Crippen molar-refractivity contribution in [2.75, 3.05) is 59.7 Å². The Morgan fingerprint density at radius 3 is 2.31 bits per heavy atom. The average Bonchev–Trinajstić information content (AvgIpc) is 1.63. The number of carbonyl (C=O) groups excluding carboxylic acids is 10. The maximum Gasteiger partial charge on any atom is 0.343 e. The minimum atomic E-state index is -2.05. The number of benzene rings is 2. The summed E-state index contributed by atoms with van der Waals surface area (Å²) in [7, 11) is 1.68. The predicted octanol–water partition coefficient (Wildman–Crippen LogP) is 5.02. The van der Waals surface area contributed by atoms with Crippen LogP contribution in [0.1, 0.15) is 149 Å². The maximum atomic E-state index is 15.6. The topological polar surface area (TPSA) is 302 Å². The van der Waals surface area contributed by atoms with Crippen molar-refractivity contribution in [1.82, 2.24) is 30.4 Å². The third-order valence-corrected chi connectivity index (χ3v) is 19.4. The van der Waals surface area contributed by atoms with Crippen LogP contribution in [0.25, 0.3) is 22.3 Å². The summed E-state index contributed by atoms with van der Waals surface area (Å²) < 4.78 is 39.6. The Morgan fingerprint density at radius 2 is 1.59 bits per heavy atom. The Labute approximate surface area is 526 Å². The van der Waals surface area contributed by atoms with Crippen LogP contribution in [0, 0.1) is 42.3 Å². The van der Waals surface area contributed by atoms with Gasteiger partial charge in [-0.25, -0.2) is 14.2 Å². The summed E-state index contributed by atoms with van der Waals surface area (Å²) in [5, 5.41) is 20.3. The van der Waals surface area contributed by atoms with E-state index in [-0.39, 0.29) is 162 Å². The molecule has 2 aromatic heterocycles. The molecule has 0 saturated heterocycles. The molecule has 10 rings (SSSR count). The van der Waals surface area contributed by atoms with E-state index in [0.29, 0.717) is 91.3 Å². The van der Waals surface area contributed by atoms with E-state index in [4.69, 9.17) is 23.9 Å². The van der Waals surface area contributed by atoms with Crippen LogP contribution in [0.5, 0.6) is 0 Å². The number of halogens is 1. The second-order valence-electron chi connectivity index (χ2n) is 25.5. The molecule has 0 spiro atoms. The van der Waals surface area contributed by atoms with Gasteiger partial charge in [-0.15, -0.1) is 0 Å². The number of amides is 4. The van der Waals surface area contributed by atoms with E-state index >= 15 is 4.39 Å². The van der Waals surface area contributed by atoms with Gasteiger partial charge in [-0.05, 0) is 112 Å². The third-order valence-electron chi connectivity index (χ3n) is 19.4. The lowest BCUT2D eigenvalue weighted by Gasteiger charge is -2.36. The Balaban J connectivity index is 0.640. The van der Waals surface area contributed by atoms with Crippen LogP contribution in [0.15, 0.2) is 47.3 Å². The number of aliphatic hydroxyl groups is 1. The molecule has 22 nitrogen and oxygen atoms in total. The zero-order valence-corrected chi connectivity index (χ0v) is 52.2. The van der Waals surface area contributed by atoms with Crippen molar-refractivity contribution in [1.29, 1.82) is 0 Å². The van der Waals surface area contributed by atoms with Gasteiger partial charge in [-0.1, -0.05) is 44.2 Å². The SMILES string of the molecule is CC[C@@]1(O)C(=O)OCc2c1cc1n(c2=O)Cc2c-1nc1cc(F)c(C)c3c1c2[C@@H](N(C)C(=O)C1(OCCC(=O)CNC(=O)[C@@H](CC(=O)CNC(=O)CCC(=O)COCCOCCNC(=O)C2CCC(CC4C(=O)CC(C)C4=O)CC2)Cc2ccccc2)CC1)CC3. The number of nitrogens with one attached hydrogen (secondary N) is 3. The molecule has 4 aliphatic carbocycles. The van der Waals surface area contributed by atoms with E-state index < -0.39 is 64.0 Å². The minimum absolute atomic E-state index is 0.0439. The number of aromatic nitrogens is 2. The molecule has 4 heterocycles. The van der Waals surface area contributed by atoms with Crippen LogP contribution in [0.3, 0.4) is 0 Å². The van der Waals surface area contributed by atoms with Gasteiger partial charge >= 0.3 is 5.97 Å². The molecular weight excluding hydrogens is 1180 g/mol. The zero-order chi connectivity index (χ0) is 64.9. The van der Waals surface area contributed by atoms with Crippen molar-refractivity contribution in [2.24, 2.45) is 29.6 Å². The Hall–Kier alpha value is -7.73. The Morgan fingerprint density at radius 1 is 0.857 bits per heavy atom. The van der Waals surface area contributed by atoms with Crippen molar-refractivity contribution in [3.8, 4) is 11.4 Å². The first-order valence-electron chi connectivity index (χ1n) is 32.0. The van der Waals surface area contributed by atoms with Gasteiger partial charge in [0.25, 0.3) is 11.5 Å². The molecule has 0 bridgehead atoms. The molecular formula is C68H81FN6O16. The predicted molar refractivity (Wildman–Crippen MR) is 326 cm³/mol. The second kappa shape index (κ2) is 28.4. The van der Waals surface area contributed by atoms with E-state index in [1.54, 1.807) is 44.0 Å². The third kappa shape index (κ3) is 14.5. The van der Waals surface area contributed by atoms with Crippen LogP contribution in [-0.2, 0) is 98.5 Å². The van der Waals surface area contributed by atoms with E-state index in [2.05, 4.69) is 16.0 Å². The Bertz CT molecular complexity index is 3610. The van der Waals surface area contributed by atoms with E-state index in [1.807, 2.05) is 25.1 Å². The van der Waals surface area contributed by atoms with Gasteiger partial charge < -0.3 is 49.5 Å². The fourth-order valence-electron chi connectivity index (χ4n) is 13.9. The lowest BCUT2D eigenvalue weighted by atomic mass is 9.77. The molecule has 3 saturated carbocycles. The van der Waals surface area contributed by atoms with Crippen LogP contribution >= 0.6 is 0 Å². The number of esters is 1. The summed E-state index contributed by atoms with van der Waals surface area (Å²) in [5.41, 5.74) is 1.01. The second-order valence-corrected chi connectivity index (χ2v) is 25.5. The summed E-state index contributed by atoms with van der Waals surface area (Å²) in [6.45, 7) is 4.62. The van der Waals surface area contributed by atoms with Crippen LogP contribution in [0.4, 0.5) is 4.39 Å². The number of ketones is 5. The smallest absolute Gasteiger partial charge is 0.343 e. The van der Waals surface area contributed by atoms with Crippen molar-refractivity contribution >= 4 is 69.4 Å². The van der Waals surface area contributed by atoms with Crippen molar-refractivity contribution < 1.29 is 76.4 Å². The number of cyclic esters (lactones) is 1. The van der Waals surface area contributed by atoms with Gasteiger partial charge in [0.15, 0.2) is 23.0 Å². The number of aryl methyl sites for hydroxylation is 1. The monoisotopic (exact) mass is 1260 g/mol. The molecule has 0 radical (unpaired) electrons. The number of Topliss-reactive ketones (excluding diaryl/α,β-unsaturated/α-hetero) is 5. The Kier molecular flexibility index (Phi) is 20.7. The molecule has 4 amide bonds. The molecule has 3 fully saturated rings. The maximum absolute atomic E-state index is 15.6. The summed E-state index contributed by atoms with van der Waals surface area (Å²) in [6, 6.07) is 11.4. The minimum Gasteiger partial charge on any atom is -0.458 e. The van der Waals surface area contributed by atoms with Gasteiger partial charge in [0.1, 0.15) is 36.2 Å². The van der Waals surface area contributed by atoms with E-state index in [1.165, 1.54) is 10.6 Å². The lowest BCUT2D eigenvalue weighted by Crippen LogP contribution is -2.44. The van der Waals surface area contributed by atoms with Crippen LogP contribution in [0.2, 0.25) is 0 Å². The molecule has 4 N–H and O–H groups in total. The number of likely N-dealkylation sites (N-methyl/N-ethyl adjacent to an activating group) is 1. The number of pyridine rings is 2. The average molecular weight is 1260 g/mol. The summed E-state index contributed by atoms with van der Waals surface area (Å²) in [4.78, 5) is 151. The normalized spacial score (nSPS) is 22.1. The number of hydrogen-bond acceptors (Lipinski definition) is 17. The van der Waals surface area contributed by atoms with Gasteiger partial charge in [-0.2, -0.15) is 0 Å². The number of fused-ring (bicyclic) bond motifs is 5. The molecule has 2 unspecified atom stereocenters. The molecule has 23 heteroatoms. The molecule has 4 aromatic rings. The quantitative estimate of drug-likeness (QED) is 0.0266.